The lowest BCUT2D eigenvalue weighted by atomic mass is 9.77. The summed E-state index contributed by atoms with van der Waals surface area (Å²) in [5, 5.41) is 4.13. The first kappa shape index (κ1) is 26.6. The van der Waals surface area contributed by atoms with Crippen molar-refractivity contribution >= 4 is 27.7 Å². The lowest BCUT2D eigenvalue weighted by Gasteiger charge is -2.35. The van der Waals surface area contributed by atoms with Crippen molar-refractivity contribution in [2.75, 3.05) is 5.75 Å². The fourth-order valence-corrected chi connectivity index (χ4v) is 6.99. The number of hydrogen-bond acceptors (Lipinski definition) is 8. The molecule has 10 heteroatoms. The number of ketones is 1. The van der Waals surface area contributed by atoms with Crippen LogP contribution in [0.1, 0.15) is 58.4 Å². The van der Waals surface area contributed by atoms with Gasteiger partial charge in [-0.3, -0.25) is 4.79 Å². The van der Waals surface area contributed by atoms with Crippen molar-refractivity contribution in [3.8, 4) is 5.88 Å². The molecule has 1 aliphatic rings. The smallest absolute Gasteiger partial charge is 0.340 e. The van der Waals surface area contributed by atoms with Gasteiger partial charge in [-0.2, -0.15) is 13.5 Å². The Balaban J connectivity index is 0.00000167. The lowest BCUT2D eigenvalue weighted by Crippen LogP contribution is -2.26. The van der Waals surface area contributed by atoms with E-state index in [-0.39, 0.29) is 27.5 Å². The van der Waals surface area contributed by atoms with Crippen LogP contribution in [0.2, 0.25) is 0 Å². The third-order valence-electron chi connectivity index (χ3n) is 6.25. The Kier molecular flexibility index (Phi) is 7.56. The maximum atomic E-state index is 13.7. The Morgan fingerprint density at radius 3 is 2.34 bits per heavy atom. The molecule has 0 aliphatic carbocycles. The number of hydrogen-bond donors (Lipinski definition) is 0. The van der Waals surface area contributed by atoms with Crippen LogP contribution < -0.4 is 4.18 Å². The molecule has 1 aliphatic heterocycles. The van der Waals surface area contributed by atoms with Crippen molar-refractivity contribution in [2.45, 2.75) is 56.2 Å². The summed E-state index contributed by atoms with van der Waals surface area (Å²) < 4.78 is 32.5. The quantitative estimate of drug-likeness (QED) is 0.337. The van der Waals surface area contributed by atoms with E-state index in [4.69, 9.17) is 14.1 Å². The molecule has 0 radical (unpaired) electrons. The lowest BCUT2D eigenvalue weighted by molar-refractivity contribution is 0.103. The molecule has 0 N–H and O–H groups in total. The van der Waals surface area contributed by atoms with Crippen molar-refractivity contribution < 1.29 is 17.4 Å². The molecule has 0 atom stereocenters. The van der Waals surface area contributed by atoms with Gasteiger partial charge in [0.1, 0.15) is 10.5 Å². The van der Waals surface area contributed by atoms with Crippen LogP contribution in [0.25, 0.3) is 0 Å². The molecule has 3 aromatic rings. The van der Waals surface area contributed by atoms with Crippen LogP contribution >= 0.6 is 11.8 Å². The van der Waals surface area contributed by atoms with Crippen molar-refractivity contribution in [3.05, 3.63) is 79.8 Å². The van der Waals surface area contributed by atoms with E-state index in [1.165, 1.54) is 33.5 Å². The number of thioether (sulfide) groups is 1. The maximum absolute atomic E-state index is 13.7. The van der Waals surface area contributed by atoms with E-state index in [9.17, 15) is 13.2 Å². The van der Waals surface area contributed by atoms with Crippen LogP contribution in [-0.4, -0.2) is 29.7 Å². The molecule has 186 valence electrons. The number of aryl methyl sites for hydroxylation is 3. The van der Waals surface area contributed by atoms with Gasteiger partial charge in [0.2, 0.25) is 5.88 Å². The summed E-state index contributed by atoms with van der Waals surface area (Å²) in [4.78, 5) is 28.9. The molecule has 2 heterocycles. The summed E-state index contributed by atoms with van der Waals surface area (Å²) in [7, 11) is -2.57. The monoisotopic (exact) mass is 516 g/mol. The van der Waals surface area contributed by atoms with Crippen molar-refractivity contribution in [1.29, 1.82) is 0 Å². The van der Waals surface area contributed by atoms with Gasteiger partial charge in [-0.1, -0.05) is 31.5 Å². The fraction of sp³-hybridized carbons (Fsp3) is 0.360. The zero-order valence-electron chi connectivity index (χ0n) is 20.5. The second kappa shape index (κ2) is 9.94. The van der Waals surface area contributed by atoms with E-state index >= 15 is 0 Å². The van der Waals surface area contributed by atoms with Gasteiger partial charge in [0.15, 0.2) is 5.78 Å². The highest BCUT2D eigenvalue weighted by atomic mass is 32.2. The minimum Gasteiger partial charge on any atom is -0.358 e. The number of benzene rings is 2. The first-order valence-corrected chi connectivity index (χ1v) is 13.3. The molecule has 0 bridgehead atoms. The first-order valence-electron chi connectivity index (χ1n) is 10.9. The highest BCUT2D eigenvalue weighted by Crippen LogP contribution is 2.46. The highest BCUT2D eigenvalue weighted by Gasteiger charge is 2.34. The third kappa shape index (κ3) is 5.04. The Morgan fingerprint density at radius 2 is 1.71 bits per heavy atom. The zero-order chi connectivity index (χ0) is 26.1. The van der Waals surface area contributed by atoms with E-state index in [1.807, 2.05) is 38.6 Å². The molecule has 0 unspecified atom stereocenters. The number of carbonyl (C=O) groups excluding carboxylic acids is 1. The van der Waals surface area contributed by atoms with Gasteiger partial charge in [-0.25, -0.2) is 4.68 Å². The Hall–Kier alpha value is -2.98. The molecule has 0 saturated heterocycles. The Bertz CT molecular complexity index is 1380. The van der Waals surface area contributed by atoms with E-state index < -0.39 is 10.1 Å². The summed E-state index contributed by atoms with van der Waals surface area (Å²) in [6.45, 7) is 10.3. The molecular formula is C25H28N2O6S2. The Labute approximate surface area is 209 Å². The summed E-state index contributed by atoms with van der Waals surface area (Å²) in [6.07, 6.45) is 2.40. The largest absolute Gasteiger partial charge is 0.358 e. The molecular weight excluding hydrogens is 488 g/mol. The Morgan fingerprint density at radius 1 is 1.09 bits per heavy atom. The third-order valence-corrected chi connectivity index (χ3v) is 8.70. The van der Waals surface area contributed by atoms with E-state index in [1.54, 1.807) is 19.2 Å². The SMILES string of the molecule is Cc1ccc(S(=O)(=O)Oc2c(C(=O)c3cc(C)c4c(c3C)C(C)(C)CCS4)cnn2C)cc1.O=O. The zero-order valence-corrected chi connectivity index (χ0v) is 22.2. The second-order valence-corrected chi connectivity index (χ2v) is 11.9. The van der Waals surface area contributed by atoms with Crippen LogP contribution in [0.4, 0.5) is 0 Å². The highest BCUT2D eigenvalue weighted by molar-refractivity contribution is 7.99. The average Bonchev–Trinajstić information content (AvgIpc) is 3.16. The molecule has 2 aromatic carbocycles. The number of aromatic nitrogens is 2. The molecule has 1 aromatic heterocycles. The predicted octanol–water partition coefficient (Wildman–Crippen LogP) is 5.18. The summed E-state index contributed by atoms with van der Waals surface area (Å²) in [5.74, 6) is 0.654. The summed E-state index contributed by atoms with van der Waals surface area (Å²) in [5.41, 5.74) is 4.73. The average molecular weight is 517 g/mol. The molecule has 0 amide bonds. The van der Waals surface area contributed by atoms with Crippen molar-refractivity contribution in [1.82, 2.24) is 9.78 Å². The first-order chi connectivity index (χ1) is 16.4. The number of fused-ring (bicyclic) bond motifs is 1. The second-order valence-electron chi connectivity index (χ2n) is 9.22. The van der Waals surface area contributed by atoms with E-state index in [2.05, 4.69) is 18.9 Å². The van der Waals surface area contributed by atoms with Gasteiger partial charge in [-0.05, 0) is 73.2 Å². The van der Waals surface area contributed by atoms with Crippen molar-refractivity contribution in [3.63, 3.8) is 0 Å². The topological polar surface area (TPSA) is 112 Å². The summed E-state index contributed by atoms with van der Waals surface area (Å²) >= 11 is 1.83. The van der Waals surface area contributed by atoms with Crippen molar-refractivity contribution in [2.24, 2.45) is 7.05 Å². The van der Waals surface area contributed by atoms with Crippen LogP contribution in [-0.2, 0) is 22.6 Å². The van der Waals surface area contributed by atoms with E-state index in [0.717, 1.165) is 28.9 Å². The molecule has 4 rings (SSSR count). The maximum Gasteiger partial charge on any atom is 0.340 e. The fourth-order valence-electron chi connectivity index (χ4n) is 4.35. The molecule has 0 fully saturated rings. The van der Waals surface area contributed by atoms with Crippen LogP contribution in [0.5, 0.6) is 5.88 Å². The van der Waals surface area contributed by atoms with E-state index in [0.29, 0.717) is 5.56 Å². The van der Waals surface area contributed by atoms with Gasteiger partial charge in [0, 0.05) is 27.4 Å². The van der Waals surface area contributed by atoms with Crippen LogP contribution in [0, 0.1) is 30.7 Å². The predicted molar refractivity (Wildman–Crippen MR) is 137 cm³/mol. The van der Waals surface area contributed by atoms with Gasteiger partial charge in [0.25, 0.3) is 0 Å². The molecule has 35 heavy (non-hydrogen) atoms. The minimum absolute atomic E-state index is 0.0206. The molecule has 8 nitrogen and oxygen atoms in total. The standard InChI is InChI=1S/C25H28N2O4S2.O2/c1-15-7-9-18(10-8-15)33(29,30)31-24-20(14-26-27(24)6)22(28)19-13-16(2)23-21(17(19)3)25(4,5)11-12-32-23;1-2/h7-10,13-14H,11-12H2,1-6H3;. The number of carbonyl (C=O) groups is 1. The summed E-state index contributed by atoms with van der Waals surface area (Å²) in [6, 6.07) is 8.27. The van der Waals surface area contributed by atoms with Gasteiger partial charge >= 0.3 is 10.1 Å². The normalized spacial score (nSPS) is 14.5. The van der Waals surface area contributed by atoms with Gasteiger partial charge in [0.05, 0.1) is 6.20 Å². The number of nitrogens with zero attached hydrogens (tertiary/aromatic N) is 2. The molecule has 0 saturated carbocycles. The van der Waals surface area contributed by atoms with Gasteiger partial charge in [-0.15, -0.1) is 11.8 Å². The number of rotatable bonds is 5. The van der Waals surface area contributed by atoms with Gasteiger partial charge < -0.3 is 4.18 Å². The van der Waals surface area contributed by atoms with Crippen LogP contribution in [0.15, 0.2) is 46.3 Å². The van der Waals surface area contributed by atoms with Crippen LogP contribution in [0.3, 0.4) is 0 Å². The minimum atomic E-state index is -4.13. The molecule has 0 spiro atoms.